The van der Waals surface area contributed by atoms with Crippen molar-refractivity contribution < 1.29 is 50.6 Å². The van der Waals surface area contributed by atoms with Crippen LogP contribution >= 0.6 is 0 Å². The predicted molar refractivity (Wildman–Crippen MR) is 220 cm³/mol. The molecule has 2 aliphatic carbocycles. The van der Waals surface area contributed by atoms with Gasteiger partial charge in [-0.2, -0.15) is 4.98 Å². The lowest BCUT2D eigenvalue weighted by atomic mass is 10.0. The first-order valence-electron chi connectivity index (χ1n) is 20.6. The SMILES string of the molecule is COc1ccccc1-c1nc(OC2CC3C(=O)NC4(C(=O)NS(=O)(=O)C5CC5)CC4/C=C\CCCCCC(NC(=O)OC(C)(C)C)C(=O)N3C2)c2oc3ccc(F)cc3c2n1. The number of nitrogens with one attached hydrogen (secondary N) is 3. The molecule has 0 bridgehead atoms. The Balaban J connectivity index is 1.16. The van der Waals surface area contributed by atoms with Crippen LogP contribution in [0, 0.1) is 11.7 Å². The Bertz CT molecular complexity index is 2530. The van der Waals surface area contributed by atoms with E-state index >= 15 is 0 Å². The van der Waals surface area contributed by atoms with Gasteiger partial charge in [0.2, 0.25) is 27.4 Å². The van der Waals surface area contributed by atoms with Crippen molar-refractivity contribution in [1.29, 1.82) is 0 Å². The van der Waals surface area contributed by atoms with Gasteiger partial charge in [0.15, 0.2) is 5.82 Å². The first kappa shape index (κ1) is 41.9. The zero-order chi connectivity index (χ0) is 43.3. The molecule has 16 nitrogen and oxygen atoms in total. The van der Waals surface area contributed by atoms with Gasteiger partial charge in [-0.05, 0) is 89.6 Å². The molecule has 324 valence electrons. The van der Waals surface area contributed by atoms with Crippen LogP contribution in [0.3, 0.4) is 0 Å². The van der Waals surface area contributed by atoms with Gasteiger partial charge in [-0.3, -0.25) is 19.1 Å². The van der Waals surface area contributed by atoms with E-state index in [1.54, 1.807) is 45.0 Å². The van der Waals surface area contributed by atoms with Gasteiger partial charge in [0.25, 0.3) is 11.8 Å². The lowest BCUT2D eigenvalue weighted by Crippen LogP contribution is -2.58. The fourth-order valence-electron chi connectivity index (χ4n) is 8.08. The van der Waals surface area contributed by atoms with Crippen LogP contribution in [0.5, 0.6) is 11.6 Å². The fraction of sp³-hybridized carbons (Fsp3) is 0.488. The average Bonchev–Trinajstić information content (AvgIpc) is 4.11. The molecule has 2 aliphatic heterocycles. The van der Waals surface area contributed by atoms with Crippen molar-refractivity contribution in [2.24, 2.45) is 5.92 Å². The number of halogens is 1. The number of amides is 4. The van der Waals surface area contributed by atoms with Gasteiger partial charge in [0.05, 0.1) is 24.5 Å². The number of para-hydroxylation sites is 1. The van der Waals surface area contributed by atoms with Crippen molar-refractivity contribution in [3.63, 3.8) is 0 Å². The normalized spacial score (nSPS) is 25.4. The number of ether oxygens (including phenoxy) is 3. The summed E-state index contributed by atoms with van der Waals surface area (Å²) in [5.41, 5.74) is -1.26. The zero-order valence-corrected chi connectivity index (χ0v) is 35.2. The van der Waals surface area contributed by atoms with E-state index in [-0.39, 0.29) is 48.6 Å². The van der Waals surface area contributed by atoms with E-state index in [0.29, 0.717) is 54.4 Å². The Morgan fingerprint density at radius 3 is 2.59 bits per heavy atom. The van der Waals surface area contributed by atoms with Gasteiger partial charge in [-0.25, -0.2) is 22.6 Å². The first-order valence-corrected chi connectivity index (χ1v) is 22.1. The van der Waals surface area contributed by atoms with E-state index in [0.717, 1.165) is 6.42 Å². The highest BCUT2D eigenvalue weighted by Crippen LogP contribution is 2.46. The quantitative estimate of drug-likeness (QED) is 0.190. The van der Waals surface area contributed by atoms with E-state index in [1.165, 1.54) is 30.2 Å². The Morgan fingerprint density at radius 1 is 1.05 bits per heavy atom. The molecule has 0 radical (unpaired) electrons. The van der Waals surface area contributed by atoms with Crippen LogP contribution in [0.4, 0.5) is 9.18 Å². The van der Waals surface area contributed by atoms with Gasteiger partial charge < -0.3 is 34.2 Å². The summed E-state index contributed by atoms with van der Waals surface area (Å²) < 4.78 is 66.5. The number of carbonyl (C=O) groups excluding carboxylic acids is 4. The number of methoxy groups -OCH3 is 1. The van der Waals surface area contributed by atoms with Gasteiger partial charge >= 0.3 is 6.09 Å². The van der Waals surface area contributed by atoms with Crippen LogP contribution in [0.1, 0.15) is 78.6 Å². The lowest BCUT2D eigenvalue weighted by molar-refractivity contribution is -0.141. The number of carbonyl (C=O) groups is 4. The smallest absolute Gasteiger partial charge is 0.408 e. The zero-order valence-electron chi connectivity index (χ0n) is 34.4. The second-order valence-corrected chi connectivity index (χ2v) is 19.1. The summed E-state index contributed by atoms with van der Waals surface area (Å²) in [6, 6.07) is 8.73. The number of alkyl carbamates (subject to hydrolysis) is 1. The number of aromatic nitrogens is 2. The molecular weight excluding hydrogens is 812 g/mol. The van der Waals surface area contributed by atoms with Gasteiger partial charge in [0, 0.05) is 17.7 Å². The Morgan fingerprint density at radius 2 is 1.84 bits per heavy atom. The van der Waals surface area contributed by atoms with Crippen molar-refractivity contribution in [3.05, 3.63) is 60.4 Å². The highest BCUT2D eigenvalue weighted by atomic mass is 32.2. The monoisotopic (exact) mass is 860 g/mol. The maximum absolute atomic E-state index is 14.7. The molecular formula is C43H49FN6O10S. The maximum atomic E-state index is 14.7. The van der Waals surface area contributed by atoms with E-state index in [4.69, 9.17) is 28.6 Å². The van der Waals surface area contributed by atoms with E-state index in [2.05, 4.69) is 15.4 Å². The largest absolute Gasteiger partial charge is 0.496 e. The molecule has 4 amide bonds. The molecule has 4 aromatic rings. The second kappa shape index (κ2) is 16.2. The van der Waals surface area contributed by atoms with Crippen molar-refractivity contribution >= 4 is 55.9 Å². The third-order valence-corrected chi connectivity index (χ3v) is 13.2. The second-order valence-electron chi connectivity index (χ2n) is 17.2. The number of hydrogen-bond acceptors (Lipinski definition) is 12. The molecule has 3 N–H and O–H groups in total. The van der Waals surface area contributed by atoms with Gasteiger partial charge in [-0.15, -0.1) is 0 Å². The van der Waals surface area contributed by atoms with Gasteiger partial charge in [0.1, 0.15) is 52.0 Å². The minimum Gasteiger partial charge on any atom is -0.496 e. The van der Waals surface area contributed by atoms with Crippen LogP contribution < -0.4 is 24.8 Å². The molecule has 4 heterocycles. The molecule has 5 unspecified atom stereocenters. The Hall–Kier alpha value is -5.78. The van der Waals surface area contributed by atoms with Crippen molar-refractivity contribution in [3.8, 4) is 23.0 Å². The van der Waals surface area contributed by atoms with E-state index in [1.807, 2.05) is 12.2 Å². The van der Waals surface area contributed by atoms with Crippen LogP contribution in [-0.2, 0) is 29.1 Å². The summed E-state index contributed by atoms with van der Waals surface area (Å²) >= 11 is 0. The number of sulfonamides is 1. The summed E-state index contributed by atoms with van der Waals surface area (Å²) in [6.07, 6.45) is 5.90. The molecule has 2 aromatic carbocycles. The third-order valence-electron chi connectivity index (χ3n) is 11.4. The molecule has 61 heavy (non-hydrogen) atoms. The molecule has 4 aliphatic rings. The first-order chi connectivity index (χ1) is 29.0. The summed E-state index contributed by atoms with van der Waals surface area (Å²) in [7, 11) is -2.45. The number of benzene rings is 2. The van der Waals surface area contributed by atoms with E-state index in [9.17, 15) is 32.0 Å². The Labute approximate surface area is 352 Å². The molecule has 18 heteroatoms. The van der Waals surface area contributed by atoms with Gasteiger partial charge in [-0.1, -0.05) is 37.1 Å². The summed E-state index contributed by atoms with van der Waals surface area (Å²) in [6.45, 7) is 4.95. The molecule has 8 rings (SSSR count). The highest BCUT2D eigenvalue weighted by Gasteiger charge is 2.62. The van der Waals surface area contributed by atoms with Crippen LogP contribution in [0.25, 0.3) is 33.5 Å². The maximum Gasteiger partial charge on any atom is 0.408 e. The minimum absolute atomic E-state index is 0.0416. The average molecular weight is 861 g/mol. The van der Waals surface area contributed by atoms with Crippen LogP contribution in [0.15, 0.2) is 59.0 Å². The van der Waals surface area contributed by atoms with Crippen molar-refractivity contribution in [2.75, 3.05) is 13.7 Å². The number of rotatable bonds is 8. The Kier molecular flexibility index (Phi) is 11.2. The number of furan rings is 1. The lowest BCUT2D eigenvalue weighted by Gasteiger charge is -2.30. The number of hydrogen-bond donors (Lipinski definition) is 3. The third kappa shape index (κ3) is 8.85. The summed E-state index contributed by atoms with van der Waals surface area (Å²) in [5.74, 6) is -2.53. The summed E-state index contributed by atoms with van der Waals surface area (Å²) in [4.78, 5) is 67.1. The van der Waals surface area contributed by atoms with Crippen molar-refractivity contribution in [2.45, 2.75) is 113 Å². The molecule has 2 aromatic heterocycles. The number of nitrogens with zero attached hydrogens (tertiary/aromatic N) is 3. The molecule has 2 saturated carbocycles. The fourth-order valence-corrected chi connectivity index (χ4v) is 9.44. The predicted octanol–water partition coefficient (Wildman–Crippen LogP) is 5.44. The molecule has 3 fully saturated rings. The van der Waals surface area contributed by atoms with E-state index < -0.39 is 80.2 Å². The number of fused-ring (bicyclic) bond motifs is 5. The molecule has 1 saturated heterocycles. The summed E-state index contributed by atoms with van der Waals surface area (Å²) in [5, 5.41) is 5.28. The standard InChI is InChI=1S/C43H49FN6O10S/c1-42(2,3)60-41(54)45-30-14-9-7-5-6-8-12-24-22-43(24,40(53)49-61(55,56)27-17-18-27)48-37(51)31-21-26(23-50(31)39(30)52)58-38-35-34(29-20-25(44)16-19-33(29)59-35)46-36(47-38)28-13-10-11-15-32(28)57-4/h8,10-13,15-16,19-20,24,26-27,30-31H,5-7,9,14,17-18,21-23H2,1-4H3,(H,45,54)(H,48,51)(H,49,53)/b12-8-. The van der Waals surface area contributed by atoms with Crippen LogP contribution in [-0.4, -0.2) is 95.3 Å². The molecule has 5 atom stereocenters. The van der Waals surface area contributed by atoms with Crippen LogP contribution in [0.2, 0.25) is 0 Å². The van der Waals surface area contributed by atoms with Crippen molar-refractivity contribution in [1.82, 2.24) is 30.2 Å². The number of allylic oxidation sites excluding steroid dienone is 1. The minimum atomic E-state index is -3.95. The topological polar surface area (TPSA) is 208 Å². The highest BCUT2D eigenvalue weighted by molar-refractivity contribution is 7.91. The molecule has 0 spiro atoms.